The topological polar surface area (TPSA) is 57.7 Å². The molecular weight excluding hydrogens is 352 g/mol. The molecule has 0 aliphatic carbocycles. The highest BCUT2D eigenvalue weighted by atomic mass is 16.2. The minimum Gasteiger partial charge on any atom is -0.314 e. The van der Waals surface area contributed by atoms with Gasteiger partial charge in [0.05, 0.1) is 12.1 Å². The molecule has 0 aromatic heterocycles. The Morgan fingerprint density at radius 1 is 0.643 bits per heavy atom. The van der Waals surface area contributed by atoms with Crippen molar-refractivity contribution in [1.82, 2.24) is 9.80 Å². The highest BCUT2D eigenvalue weighted by Crippen LogP contribution is 2.28. The number of carbonyl (C=O) groups excluding carboxylic acids is 3. The van der Waals surface area contributed by atoms with E-state index in [1.165, 1.54) is 0 Å². The summed E-state index contributed by atoms with van der Waals surface area (Å²) in [5.41, 5.74) is 1.26. The van der Waals surface area contributed by atoms with Crippen molar-refractivity contribution in [2.45, 2.75) is 37.8 Å². The third kappa shape index (κ3) is 3.44. The summed E-state index contributed by atoms with van der Waals surface area (Å²) in [4.78, 5) is 42.5. The number of Topliss-reactive ketones (excluding diaryl/α,β-unsaturated/α-hetero) is 2. The van der Waals surface area contributed by atoms with Crippen LogP contribution < -0.4 is 0 Å². The molecule has 2 aliphatic rings. The summed E-state index contributed by atoms with van der Waals surface area (Å²) in [7, 11) is 0. The van der Waals surface area contributed by atoms with Crippen LogP contribution in [0.3, 0.4) is 0 Å². The van der Waals surface area contributed by atoms with Crippen LogP contribution in [0.4, 0.5) is 4.79 Å². The Kier molecular flexibility index (Phi) is 5.24. The maximum atomic E-state index is 13.3. The van der Waals surface area contributed by atoms with Crippen LogP contribution in [-0.2, 0) is 0 Å². The smallest absolute Gasteiger partial charge is 0.314 e. The van der Waals surface area contributed by atoms with E-state index in [-0.39, 0.29) is 17.6 Å². The van der Waals surface area contributed by atoms with Crippen LogP contribution in [0.5, 0.6) is 0 Å². The number of urea groups is 1. The minimum atomic E-state index is -0.442. The fraction of sp³-hybridized carbons (Fsp3) is 0.348. The molecule has 5 nitrogen and oxygen atoms in total. The molecule has 2 aromatic rings. The summed E-state index contributed by atoms with van der Waals surface area (Å²) >= 11 is 0. The number of rotatable bonds is 4. The van der Waals surface area contributed by atoms with Crippen LogP contribution in [0.15, 0.2) is 60.7 Å². The van der Waals surface area contributed by atoms with E-state index in [2.05, 4.69) is 0 Å². The third-order valence-corrected chi connectivity index (χ3v) is 5.72. The molecule has 4 rings (SSSR count). The molecule has 144 valence electrons. The van der Waals surface area contributed by atoms with Gasteiger partial charge < -0.3 is 9.80 Å². The van der Waals surface area contributed by atoms with Gasteiger partial charge in [0.2, 0.25) is 0 Å². The van der Waals surface area contributed by atoms with E-state index in [1.54, 1.807) is 34.1 Å². The van der Waals surface area contributed by atoms with Crippen LogP contribution in [0.2, 0.25) is 0 Å². The molecule has 0 N–H and O–H groups in total. The molecule has 2 heterocycles. The van der Waals surface area contributed by atoms with Crippen molar-refractivity contribution in [1.29, 1.82) is 0 Å². The number of ketones is 2. The summed E-state index contributed by atoms with van der Waals surface area (Å²) in [6.45, 7) is 1.12. The predicted octanol–water partition coefficient (Wildman–Crippen LogP) is 3.80. The van der Waals surface area contributed by atoms with E-state index >= 15 is 0 Å². The van der Waals surface area contributed by atoms with Gasteiger partial charge in [0.15, 0.2) is 11.6 Å². The maximum absolute atomic E-state index is 13.3. The Labute approximate surface area is 164 Å². The second-order valence-electron chi connectivity index (χ2n) is 7.45. The number of carbonyl (C=O) groups is 3. The molecule has 2 aliphatic heterocycles. The first-order valence-corrected chi connectivity index (χ1v) is 9.92. The first kappa shape index (κ1) is 18.4. The Bertz CT molecular complexity index is 794. The van der Waals surface area contributed by atoms with Gasteiger partial charge in [-0.15, -0.1) is 0 Å². The minimum absolute atomic E-state index is 0.0171. The van der Waals surface area contributed by atoms with Gasteiger partial charge in [-0.25, -0.2) is 4.79 Å². The normalized spacial score (nSPS) is 21.7. The standard InChI is InChI=1S/C23H24N2O3/c26-21(17-9-3-1-4-10-17)19-13-7-15-24(19)23(28)25-16-8-14-20(25)22(27)18-11-5-2-6-12-18/h1-6,9-12,19-20H,7-8,13-16H2/t19-,20-/m0/s1. The molecule has 0 spiro atoms. The summed E-state index contributed by atoms with van der Waals surface area (Å²) in [6, 6.07) is 17.2. The molecule has 2 fully saturated rings. The van der Waals surface area contributed by atoms with Gasteiger partial charge in [0, 0.05) is 24.2 Å². The SMILES string of the molecule is O=C(c1ccccc1)[C@@H]1CCCN1C(=O)N1CCC[C@H]1C(=O)c1ccccc1. The van der Waals surface area contributed by atoms with E-state index < -0.39 is 12.1 Å². The molecular formula is C23H24N2O3. The van der Waals surface area contributed by atoms with E-state index in [0.29, 0.717) is 37.1 Å². The average molecular weight is 376 g/mol. The molecule has 2 amide bonds. The lowest BCUT2D eigenvalue weighted by Gasteiger charge is -2.32. The molecule has 0 unspecified atom stereocenters. The molecule has 2 atom stereocenters. The molecule has 5 heteroatoms. The molecule has 0 bridgehead atoms. The number of hydrogen-bond acceptors (Lipinski definition) is 3. The fourth-order valence-corrected chi connectivity index (χ4v) is 4.29. The van der Waals surface area contributed by atoms with E-state index in [1.807, 2.05) is 36.4 Å². The van der Waals surface area contributed by atoms with Crippen molar-refractivity contribution in [2.24, 2.45) is 0 Å². The van der Waals surface area contributed by atoms with Gasteiger partial charge in [-0.3, -0.25) is 9.59 Å². The molecule has 0 saturated carbocycles. The van der Waals surface area contributed by atoms with Gasteiger partial charge in [-0.2, -0.15) is 0 Å². The Balaban J connectivity index is 1.52. The van der Waals surface area contributed by atoms with Gasteiger partial charge in [0.25, 0.3) is 0 Å². The van der Waals surface area contributed by atoms with Crippen LogP contribution in [0.25, 0.3) is 0 Å². The number of likely N-dealkylation sites (tertiary alicyclic amines) is 2. The zero-order valence-corrected chi connectivity index (χ0v) is 15.8. The first-order valence-electron chi connectivity index (χ1n) is 9.92. The van der Waals surface area contributed by atoms with Crippen molar-refractivity contribution in [2.75, 3.05) is 13.1 Å². The molecule has 2 aromatic carbocycles. The summed E-state index contributed by atoms with van der Waals surface area (Å²) in [6.07, 6.45) is 2.95. The Morgan fingerprint density at radius 2 is 1.04 bits per heavy atom. The summed E-state index contributed by atoms with van der Waals surface area (Å²) in [5.74, 6) is -0.0341. The van der Waals surface area contributed by atoms with Crippen LogP contribution in [0.1, 0.15) is 46.4 Å². The largest absolute Gasteiger partial charge is 0.321 e. The summed E-state index contributed by atoms with van der Waals surface area (Å²) < 4.78 is 0. The highest BCUT2D eigenvalue weighted by Gasteiger charge is 2.41. The van der Waals surface area contributed by atoms with E-state index in [0.717, 1.165) is 12.8 Å². The van der Waals surface area contributed by atoms with Crippen molar-refractivity contribution in [3.05, 3.63) is 71.8 Å². The van der Waals surface area contributed by atoms with E-state index in [4.69, 9.17) is 0 Å². The first-order chi connectivity index (χ1) is 13.7. The second-order valence-corrected chi connectivity index (χ2v) is 7.45. The Hall–Kier alpha value is -2.95. The highest BCUT2D eigenvalue weighted by molar-refractivity contribution is 6.04. The zero-order valence-electron chi connectivity index (χ0n) is 15.8. The lowest BCUT2D eigenvalue weighted by molar-refractivity contribution is 0.0808. The lowest BCUT2D eigenvalue weighted by atomic mass is 10.0. The van der Waals surface area contributed by atoms with Crippen molar-refractivity contribution >= 4 is 17.6 Å². The van der Waals surface area contributed by atoms with Crippen molar-refractivity contribution in [3.63, 3.8) is 0 Å². The van der Waals surface area contributed by atoms with Gasteiger partial charge in [0.1, 0.15) is 0 Å². The van der Waals surface area contributed by atoms with Crippen LogP contribution in [-0.4, -0.2) is 52.6 Å². The van der Waals surface area contributed by atoms with Gasteiger partial charge in [-0.05, 0) is 25.7 Å². The van der Waals surface area contributed by atoms with Gasteiger partial charge >= 0.3 is 6.03 Å². The monoisotopic (exact) mass is 376 g/mol. The molecule has 0 radical (unpaired) electrons. The maximum Gasteiger partial charge on any atom is 0.321 e. The summed E-state index contributed by atoms with van der Waals surface area (Å²) in [5, 5.41) is 0. The number of hydrogen-bond donors (Lipinski definition) is 0. The lowest BCUT2D eigenvalue weighted by Crippen LogP contribution is -2.51. The number of amides is 2. The number of benzene rings is 2. The van der Waals surface area contributed by atoms with Crippen LogP contribution in [0, 0.1) is 0 Å². The zero-order chi connectivity index (χ0) is 19.5. The van der Waals surface area contributed by atoms with Crippen molar-refractivity contribution in [3.8, 4) is 0 Å². The predicted molar refractivity (Wildman–Crippen MR) is 106 cm³/mol. The number of nitrogens with zero attached hydrogens (tertiary/aromatic N) is 2. The fourth-order valence-electron chi connectivity index (χ4n) is 4.29. The van der Waals surface area contributed by atoms with Crippen molar-refractivity contribution < 1.29 is 14.4 Å². The Morgan fingerprint density at radius 3 is 1.43 bits per heavy atom. The molecule has 28 heavy (non-hydrogen) atoms. The van der Waals surface area contributed by atoms with Crippen LogP contribution >= 0.6 is 0 Å². The quantitative estimate of drug-likeness (QED) is 0.763. The second kappa shape index (κ2) is 7.97. The van der Waals surface area contributed by atoms with E-state index in [9.17, 15) is 14.4 Å². The van der Waals surface area contributed by atoms with Gasteiger partial charge in [-0.1, -0.05) is 60.7 Å². The average Bonchev–Trinajstić information content (AvgIpc) is 3.43. The molecule has 2 saturated heterocycles. The third-order valence-electron chi connectivity index (χ3n) is 5.72.